The molecule has 0 aliphatic heterocycles. The van der Waals surface area contributed by atoms with Crippen LogP contribution in [-0.2, 0) is 19.5 Å². The highest BCUT2D eigenvalue weighted by molar-refractivity contribution is 6.30. The van der Waals surface area contributed by atoms with Crippen LogP contribution in [0.1, 0.15) is 12.0 Å². The van der Waals surface area contributed by atoms with Crippen LogP contribution in [0.2, 0.25) is 5.02 Å². The van der Waals surface area contributed by atoms with Crippen LogP contribution in [0.15, 0.2) is 78.9 Å². The van der Waals surface area contributed by atoms with Gasteiger partial charge in [-0.25, -0.2) is 0 Å². The van der Waals surface area contributed by atoms with Crippen LogP contribution < -0.4 is 10.4 Å². The molecule has 148 valence electrons. The van der Waals surface area contributed by atoms with Gasteiger partial charge in [0, 0.05) is 18.1 Å². The second-order valence-corrected chi connectivity index (χ2v) is 7.44. The molecule has 0 aliphatic rings. The molecule has 0 radical (unpaired) electrons. The zero-order valence-corrected chi connectivity index (χ0v) is 17.0. The summed E-state index contributed by atoms with van der Waals surface area (Å²) in [4.78, 5) is 0. The number of aryl methyl sites for hydroxylation is 3. The SMILES string of the molecule is N=c1n(CCCOc2ccc(Cl)cc2)c2ccccc2n1CCc1ccccc1. The molecule has 1 N–H and O–H groups in total. The fourth-order valence-corrected chi connectivity index (χ4v) is 3.70. The molecular weight excluding hydrogens is 382 g/mol. The summed E-state index contributed by atoms with van der Waals surface area (Å²) in [6, 6.07) is 26.1. The molecule has 0 unspecified atom stereocenters. The summed E-state index contributed by atoms with van der Waals surface area (Å²) < 4.78 is 9.98. The molecule has 4 nitrogen and oxygen atoms in total. The van der Waals surface area contributed by atoms with Crippen molar-refractivity contribution in [2.24, 2.45) is 0 Å². The highest BCUT2D eigenvalue weighted by Gasteiger charge is 2.10. The molecule has 0 bridgehead atoms. The Kier molecular flexibility index (Phi) is 6.01. The largest absolute Gasteiger partial charge is 0.494 e. The zero-order valence-electron chi connectivity index (χ0n) is 16.2. The predicted octanol–water partition coefficient (Wildman–Crippen LogP) is 5.29. The number of para-hydroxylation sites is 2. The highest BCUT2D eigenvalue weighted by atomic mass is 35.5. The number of imidazole rings is 1. The average molecular weight is 406 g/mol. The molecule has 0 fully saturated rings. The van der Waals surface area contributed by atoms with E-state index >= 15 is 0 Å². The van der Waals surface area contributed by atoms with E-state index in [9.17, 15) is 0 Å². The Balaban J connectivity index is 1.46. The van der Waals surface area contributed by atoms with Crippen molar-refractivity contribution in [3.05, 3.63) is 95.1 Å². The van der Waals surface area contributed by atoms with Crippen LogP contribution in [0.4, 0.5) is 0 Å². The van der Waals surface area contributed by atoms with Crippen molar-refractivity contribution < 1.29 is 4.74 Å². The quantitative estimate of drug-likeness (QED) is 0.398. The Bertz CT molecular complexity index is 1130. The van der Waals surface area contributed by atoms with Crippen LogP contribution in [0.3, 0.4) is 0 Å². The summed E-state index contributed by atoms with van der Waals surface area (Å²) in [7, 11) is 0. The minimum atomic E-state index is 0.536. The molecule has 0 saturated carbocycles. The van der Waals surface area contributed by atoms with Gasteiger partial charge in [-0.1, -0.05) is 54.1 Å². The Morgan fingerprint density at radius 1 is 0.759 bits per heavy atom. The molecule has 0 atom stereocenters. The first-order valence-electron chi connectivity index (χ1n) is 9.87. The van der Waals surface area contributed by atoms with Gasteiger partial charge in [0.15, 0.2) is 0 Å². The van der Waals surface area contributed by atoms with Crippen molar-refractivity contribution in [3.63, 3.8) is 0 Å². The van der Waals surface area contributed by atoms with Crippen LogP contribution in [0.25, 0.3) is 11.0 Å². The predicted molar refractivity (Wildman–Crippen MR) is 117 cm³/mol. The second-order valence-electron chi connectivity index (χ2n) is 7.01. The number of aromatic nitrogens is 2. The van der Waals surface area contributed by atoms with Crippen LogP contribution in [-0.4, -0.2) is 15.7 Å². The van der Waals surface area contributed by atoms with E-state index in [1.54, 1.807) is 0 Å². The van der Waals surface area contributed by atoms with Gasteiger partial charge in [0.05, 0.1) is 17.6 Å². The molecule has 0 spiro atoms. The third-order valence-electron chi connectivity index (χ3n) is 5.05. The number of halogens is 1. The van der Waals surface area contributed by atoms with Gasteiger partial charge in [-0.2, -0.15) is 0 Å². The maximum Gasteiger partial charge on any atom is 0.203 e. The third kappa shape index (κ3) is 4.54. The lowest BCUT2D eigenvalue weighted by molar-refractivity contribution is 0.301. The van der Waals surface area contributed by atoms with Gasteiger partial charge in [0.1, 0.15) is 5.75 Å². The van der Waals surface area contributed by atoms with E-state index in [0.717, 1.165) is 42.7 Å². The minimum absolute atomic E-state index is 0.536. The molecule has 4 rings (SSSR count). The number of benzene rings is 3. The van der Waals surface area contributed by atoms with Crippen molar-refractivity contribution in [2.45, 2.75) is 25.9 Å². The summed E-state index contributed by atoms with van der Waals surface area (Å²) in [5, 5.41) is 9.44. The van der Waals surface area contributed by atoms with Crippen LogP contribution >= 0.6 is 11.6 Å². The summed E-state index contributed by atoms with van der Waals surface area (Å²) >= 11 is 5.91. The Morgan fingerprint density at radius 2 is 1.38 bits per heavy atom. The molecule has 0 saturated heterocycles. The average Bonchev–Trinajstić information content (AvgIpc) is 3.02. The van der Waals surface area contributed by atoms with E-state index in [2.05, 4.69) is 45.5 Å². The van der Waals surface area contributed by atoms with Crippen molar-refractivity contribution >= 4 is 22.6 Å². The molecule has 4 aromatic rings. The smallest absolute Gasteiger partial charge is 0.203 e. The Morgan fingerprint density at radius 3 is 2.07 bits per heavy atom. The normalized spacial score (nSPS) is 11.1. The molecule has 5 heteroatoms. The number of nitrogens with zero attached hydrogens (tertiary/aromatic N) is 2. The maximum absolute atomic E-state index is 8.73. The number of nitrogens with one attached hydrogen (secondary N) is 1. The van der Waals surface area contributed by atoms with Gasteiger partial charge < -0.3 is 13.9 Å². The Labute approximate surface area is 175 Å². The molecule has 1 aromatic heterocycles. The van der Waals surface area contributed by atoms with Crippen LogP contribution in [0, 0.1) is 5.41 Å². The van der Waals surface area contributed by atoms with E-state index in [1.807, 2.05) is 42.5 Å². The zero-order chi connectivity index (χ0) is 20.1. The van der Waals surface area contributed by atoms with E-state index in [-0.39, 0.29) is 0 Å². The fraction of sp³-hybridized carbons (Fsp3) is 0.208. The molecule has 0 amide bonds. The molecular formula is C24H24ClN3O. The Hall–Kier alpha value is -2.98. The number of ether oxygens (including phenoxy) is 1. The first-order chi connectivity index (χ1) is 14.2. The van der Waals surface area contributed by atoms with Gasteiger partial charge in [-0.15, -0.1) is 0 Å². The van der Waals surface area contributed by atoms with Gasteiger partial charge in [0.2, 0.25) is 5.62 Å². The molecule has 0 aliphatic carbocycles. The molecule has 1 heterocycles. The maximum atomic E-state index is 8.73. The topological polar surface area (TPSA) is 42.9 Å². The summed E-state index contributed by atoms with van der Waals surface area (Å²) in [5.74, 6) is 0.816. The van der Waals surface area contributed by atoms with Crippen molar-refractivity contribution in [1.82, 2.24) is 9.13 Å². The monoisotopic (exact) mass is 405 g/mol. The van der Waals surface area contributed by atoms with Gasteiger partial charge >= 0.3 is 0 Å². The van der Waals surface area contributed by atoms with Gasteiger partial charge in [0.25, 0.3) is 0 Å². The van der Waals surface area contributed by atoms with Crippen LogP contribution in [0.5, 0.6) is 5.75 Å². The lowest BCUT2D eigenvalue weighted by Crippen LogP contribution is -2.26. The minimum Gasteiger partial charge on any atom is -0.494 e. The first-order valence-corrected chi connectivity index (χ1v) is 10.2. The number of fused-ring (bicyclic) bond motifs is 1. The lowest BCUT2D eigenvalue weighted by atomic mass is 10.1. The third-order valence-corrected chi connectivity index (χ3v) is 5.30. The van der Waals surface area contributed by atoms with Gasteiger partial charge in [-0.3, -0.25) is 5.41 Å². The second kappa shape index (κ2) is 9.01. The molecule has 3 aromatic carbocycles. The van der Waals surface area contributed by atoms with E-state index < -0.39 is 0 Å². The summed E-state index contributed by atoms with van der Waals surface area (Å²) in [5.41, 5.74) is 4.02. The number of rotatable bonds is 8. The van der Waals surface area contributed by atoms with E-state index in [4.69, 9.17) is 21.7 Å². The van der Waals surface area contributed by atoms with Gasteiger partial charge in [-0.05, 0) is 54.8 Å². The molecule has 29 heavy (non-hydrogen) atoms. The van der Waals surface area contributed by atoms with Crippen molar-refractivity contribution in [1.29, 1.82) is 5.41 Å². The number of hydrogen-bond acceptors (Lipinski definition) is 2. The fourth-order valence-electron chi connectivity index (χ4n) is 3.58. The lowest BCUT2D eigenvalue weighted by Gasteiger charge is -2.08. The summed E-state index contributed by atoms with van der Waals surface area (Å²) in [6.45, 7) is 2.13. The van der Waals surface area contributed by atoms with Crippen molar-refractivity contribution in [3.8, 4) is 5.75 Å². The van der Waals surface area contributed by atoms with E-state index in [0.29, 0.717) is 17.2 Å². The first kappa shape index (κ1) is 19.3. The highest BCUT2D eigenvalue weighted by Crippen LogP contribution is 2.17. The standard InChI is InChI=1S/C24H24ClN3O/c25-20-11-13-21(14-12-20)29-18-6-16-27-22-9-4-5-10-23(22)28(24(27)26)17-15-19-7-2-1-3-8-19/h1-5,7-14,26H,6,15-18H2. The van der Waals surface area contributed by atoms with Crippen molar-refractivity contribution in [2.75, 3.05) is 6.61 Å². The van der Waals surface area contributed by atoms with E-state index in [1.165, 1.54) is 5.56 Å². The summed E-state index contributed by atoms with van der Waals surface area (Å²) in [6.07, 6.45) is 1.73. The number of hydrogen-bond donors (Lipinski definition) is 1.